The van der Waals surface area contributed by atoms with E-state index in [0.29, 0.717) is 16.7 Å². The van der Waals surface area contributed by atoms with Crippen molar-refractivity contribution in [3.8, 4) is 17.6 Å². The maximum Gasteiger partial charge on any atom is 0.421 e. The van der Waals surface area contributed by atoms with Crippen molar-refractivity contribution in [2.45, 2.75) is 11.7 Å². The Balaban J connectivity index is 3.17. The fourth-order valence-electron chi connectivity index (χ4n) is 2.30. The van der Waals surface area contributed by atoms with Gasteiger partial charge in [-0.1, -0.05) is 24.6 Å². The van der Waals surface area contributed by atoms with Crippen LogP contribution in [0.25, 0.3) is 0 Å². The van der Waals surface area contributed by atoms with Crippen LogP contribution in [-0.4, -0.2) is 56.2 Å². The second kappa shape index (κ2) is 9.08. The number of Topliss-reactive ketones (excluding diaryl/α,β-unsaturated/α-hetero) is 1. The van der Waals surface area contributed by atoms with Gasteiger partial charge in [-0.2, -0.15) is 13.2 Å². The molecule has 0 aromatic heterocycles. The van der Waals surface area contributed by atoms with Crippen molar-refractivity contribution in [1.29, 1.82) is 0 Å². The maximum absolute atomic E-state index is 13.6. The van der Waals surface area contributed by atoms with E-state index in [1.807, 2.05) is 5.73 Å². The van der Waals surface area contributed by atoms with E-state index in [-0.39, 0.29) is 5.56 Å². The summed E-state index contributed by atoms with van der Waals surface area (Å²) in [6.07, 6.45) is -4.56. The molecule has 0 saturated heterocycles. The minimum Gasteiger partial charge on any atom is -0.496 e. The fraction of sp³-hybridized carbons (Fsp3) is 0.316. The summed E-state index contributed by atoms with van der Waals surface area (Å²) in [6, 6.07) is 6.30. The first-order valence-corrected chi connectivity index (χ1v) is 7.55. The highest BCUT2D eigenvalue weighted by Gasteiger charge is 2.62. The van der Waals surface area contributed by atoms with E-state index in [1.165, 1.54) is 13.2 Å². The van der Waals surface area contributed by atoms with E-state index < -0.39 is 30.0 Å². The Morgan fingerprint density at radius 1 is 1.26 bits per heavy atom. The maximum atomic E-state index is 13.6. The van der Waals surface area contributed by atoms with Crippen molar-refractivity contribution in [2.75, 3.05) is 27.8 Å². The standard InChI is InChI=1S/C19H18F3NO4/c1-5-12-18(17(25)27-4,19(20,21)22)23(2)13-8-10-15(24)14-9-6-7-11-16(14)26-3/h6-7,9,11-12H,1,13H2,2-4H3. The summed E-state index contributed by atoms with van der Waals surface area (Å²) in [6.45, 7) is 2.56. The summed E-state index contributed by atoms with van der Waals surface area (Å²) < 4.78 is 50.2. The molecular formula is C19H18F3NO4. The van der Waals surface area contributed by atoms with Crippen molar-refractivity contribution in [1.82, 2.24) is 4.90 Å². The molecule has 0 N–H and O–H groups in total. The number of ketones is 1. The lowest BCUT2D eigenvalue weighted by atomic mass is 9.96. The van der Waals surface area contributed by atoms with E-state index in [1.54, 1.807) is 18.2 Å². The van der Waals surface area contributed by atoms with Gasteiger partial charge in [0.05, 0.1) is 26.3 Å². The summed E-state index contributed by atoms with van der Waals surface area (Å²) in [5.74, 6) is 2.69. The van der Waals surface area contributed by atoms with Crippen LogP contribution in [0.5, 0.6) is 5.75 Å². The highest BCUT2D eigenvalue weighted by molar-refractivity contribution is 6.10. The molecule has 0 saturated carbocycles. The number of hydrogen-bond donors (Lipinski definition) is 0. The zero-order valence-electron chi connectivity index (χ0n) is 15.0. The summed E-state index contributed by atoms with van der Waals surface area (Å²) in [7, 11) is 3.24. The molecule has 1 rings (SSSR count). The number of nitrogens with zero attached hydrogens (tertiary/aromatic N) is 1. The van der Waals surface area contributed by atoms with Crippen LogP contribution in [0.4, 0.5) is 13.2 Å². The number of carbonyl (C=O) groups excluding carboxylic acids is 2. The predicted molar refractivity (Wildman–Crippen MR) is 92.2 cm³/mol. The van der Waals surface area contributed by atoms with E-state index in [0.717, 1.165) is 14.2 Å². The number of para-hydroxylation sites is 1. The van der Waals surface area contributed by atoms with Gasteiger partial charge in [-0.05, 0) is 31.2 Å². The smallest absolute Gasteiger partial charge is 0.421 e. The summed E-state index contributed by atoms with van der Waals surface area (Å²) in [5.41, 5.74) is -0.960. The monoisotopic (exact) mass is 381 g/mol. The SMILES string of the molecule is C=C=CC(C(=O)OC)(N(C)CC#CC(=O)c1ccccc1OC)C(F)(F)F. The molecule has 5 nitrogen and oxygen atoms in total. The second-order valence-corrected chi connectivity index (χ2v) is 5.29. The zero-order chi connectivity index (χ0) is 20.7. The lowest BCUT2D eigenvalue weighted by Gasteiger charge is -2.36. The Bertz CT molecular complexity index is 816. The third kappa shape index (κ3) is 4.59. The van der Waals surface area contributed by atoms with Crippen molar-refractivity contribution in [3.05, 3.63) is 48.2 Å². The number of rotatable bonds is 6. The van der Waals surface area contributed by atoms with Gasteiger partial charge in [0, 0.05) is 0 Å². The Hall–Kier alpha value is -3.01. The first kappa shape index (κ1) is 22.0. The zero-order valence-corrected chi connectivity index (χ0v) is 15.0. The third-order valence-electron chi connectivity index (χ3n) is 3.71. The highest BCUT2D eigenvalue weighted by atomic mass is 19.4. The number of halogens is 3. The van der Waals surface area contributed by atoms with Gasteiger partial charge in [0.25, 0.3) is 0 Å². The molecule has 0 aliphatic carbocycles. The van der Waals surface area contributed by atoms with Crippen molar-refractivity contribution in [2.24, 2.45) is 0 Å². The van der Waals surface area contributed by atoms with Crippen LogP contribution in [0.2, 0.25) is 0 Å². The van der Waals surface area contributed by atoms with E-state index in [2.05, 4.69) is 23.2 Å². The Kier molecular flexibility index (Phi) is 7.41. The number of alkyl halides is 3. The van der Waals surface area contributed by atoms with Crippen molar-refractivity contribution >= 4 is 11.8 Å². The van der Waals surface area contributed by atoms with Gasteiger partial charge in [0.1, 0.15) is 5.75 Å². The fourth-order valence-corrected chi connectivity index (χ4v) is 2.30. The van der Waals surface area contributed by atoms with Crippen molar-refractivity contribution in [3.63, 3.8) is 0 Å². The number of esters is 1. The average Bonchev–Trinajstić information content (AvgIpc) is 2.63. The summed E-state index contributed by atoms with van der Waals surface area (Å²) >= 11 is 0. The number of methoxy groups -OCH3 is 2. The molecule has 8 heteroatoms. The number of likely N-dealkylation sites (N-methyl/N-ethyl adjacent to an activating group) is 1. The number of ether oxygens (including phenoxy) is 2. The first-order valence-electron chi connectivity index (χ1n) is 7.55. The largest absolute Gasteiger partial charge is 0.496 e. The Morgan fingerprint density at radius 3 is 2.41 bits per heavy atom. The molecule has 0 amide bonds. The molecule has 0 aliphatic heterocycles. The van der Waals surface area contributed by atoms with Crippen LogP contribution in [0.15, 0.2) is 42.7 Å². The molecule has 144 valence electrons. The van der Waals surface area contributed by atoms with E-state index in [9.17, 15) is 22.8 Å². The van der Waals surface area contributed by atoms with Crippen LogP contribution in [0, 0.1) is 11.8 Å². The molecule has 0 aliphatic rings. The Morgan fingerprint density at radius 2 is 1.89 bits per heavy atom. The quantitative estimate of drug-likeness (QED) is 0.249. The van der Waals surface area contributed by atoms with E-state index >= 15 is 0 Å². The molecular weight excluding hydrogens is 363 g/mol. The molecule has 27 heavy (non-hydrogen) atoms. The van der Waals surface area contributed by atoms with Gasteiger partial charge in [-0.3, -0.25) is 9.69 Å². The van der Waals surface area contributed by atoms with Crippen LogP contribution < -0.4 is 4.74 Å². The average molecular weight is 381 g/mol. The lowest BCUT2D eigenvalue weighted by Crippen LogP contribution is -2.62. The number of benzene rings is 1. The van der Waals surface area contributed by atoms with Crippen LogP contribution in [0.1, 0.15) is 10.4 Å². The lowest BCUT2D eigenvalue weighted by molar-refractivity contribution is -0.221. The molecule has 0 radical (unpaired) electrons. The molecule has 0 spiro atoms. The van der Waals surface area contributed by atoms with Crippen molar-refractivity contribution < 1.29 is 32.2 Å². The van der Waals surface area contributed by atoms with Gasteiger partial charge in [-0.15, -0.1) is 5.73 Å². The number of carbonyl (C=O) groups is 2. The predicted octanol–water partition coefficient (Wildman–Crippen LogP) is 2.63. The van der Waals surface area contributed by atoms with Crippen LogP contribution in [0.3, 0.4) is 0 Å². The second-order valence-electron chi connectivity index (χ2n) is 5.29. The molecule has 0 fully saturated rings. The van der Waals surface area contributed by atoms with Crippen LogP contribution >= 0.6 is 0 Å². The summed E-state index contributed by atoms with van der Waals surface area (Å²) in [4.78, 5) is 24.7. The first-order chi connectivity index (χ1) is 12.7. The minimum absolute atomic E-state index is 0.177. The summed E-state index contributed by atoms with van der Waals surface area (Å²) in [5, 5.41) is 0. The van der Waals surface area contributed by atoms with E-state index in [4.69, 9.17) is 4.74 Å². The third-order valence-corrected chi connectivity index (χ3v) is 3.71. The van der Waals surface area contributed by atoms with Gasteiger partial charge >= 0.3 is 12.1 Å². The molecule has 0 bridgehead atoms. The topological polar surface area (TPSA) is 55.8 Å². The molecule has 0 heterocycles. The Labute approximate surface area is 155 Å². The van der Waals surface area contributed by atoms with Gasteiger partial charge in [0.15, 0.2) is 0 Å². The van der Waals surface area contributed by atoms with Crippen LogP contribution in [-0.2, 0) is 9.53 Å². The van der Waals surface area contributed by atoms with Gasteiger partial charge in [0.2, 0.25) is 11.3 Å². The van der Waals surface area contributed by atoms with Gasteiger partial charge < -0.3 is 9.47 Å². The number of hydrogen-bond acceptors (Lipinski definition) is 5. The van der Waals surface area contributed by atoms with Gasteiger partial charge in [-0.25, -0.2) is 4.79 Å². The normalized spacial score (nSPS) is 12.9. The minimum atomic E-state index is -5.02. The molecule has 1 aromatic carbocycles. The molecule has 1 aromatic rings. The molecule has 1 atom stereocenters. The highest BCUT2D eigenvalue weighted by Crippen LogP contribution is 2.37. The molecule has 1 unspecified atom stereocenters.